The van der Waals surface area contributed by atoms with Crippen molar-refractivity contribution < 1.29 is 4.79 Å². The number of fused-ring (bicyclic) bond motifs is 1. The number of hydrogen-bond donors (Lipinski definition) is 1. The van der Waals surface area contributed by atoms with Crippen LogP contribution in [0.5, 0.6) is 0 Å². The summed E-state index contributed by atoms with van der Waals surface area (Å²) in [7, 11) is 0. The number of carbonyl (C=O) groups excluding carboxylic acids is 1. The van der Waals surface area contributed by atoms with Gasteiger partial charge in [0.25, 0.3) is 5.91 Å². The number of hydrogen-bond acceptors (Lipinski definition) is 3. The predicted octanol–water partition coefficient (Wildman–Crippen LogP) is 2.73. The molecule has 0 radical (unpaired) electrons. The summed E-state index contributed by atoms with van der Waals surface area (Å²) in [6, 6.07) is 8.98. The Bertz CT molecular complexity index is 569. The van der Waals surface area contributed by atoms with Gasteiger partial charge < -0.3 is 10.6 Å². The van der Waals surface area contributed by atoms with E-state index in [1.54, 1.807) is 0 Å². The second kappa shape index (κ2) is 7.24. The zero-order chi connectivity index (χ0) is 17.3. The van der Waals surface area contributed by atoms with Gasteiger partial charge in [-0.1, -0.05) is 19.1 Å². The van der Waals surface area contributed by atoms with Crippen molar-refractivity contribution in [3.63, 3.8) is 0 Å². The highest BCUT2D eigenvalue weighted by Crippen LogP contribution is 2.37. The average Bonchev–Trinajstić information content (AvgIpc) is 3.14. The summed E-state index contributed by atoms with van der Waals surface area (Å²) < 4.78 is 0. The molecule has 3 unspecified atom stereocenters. The van der Waals surface area contributed by atoms with Crippen LogP contribution < -0.4 is 5.73 Å². The summed E-state index contributed by atoms with van der Waals surface area (Å²) in [4.78, 5) is 17.2. The van der Waals surface area contributed by atoms with Gasteiger partial charge in [-0.2, -0.15) is 0 Å². The normalized spacial score (nSPS) is 26.4. The van der Waals surface area contributed by atoms with Crippen molar-refractivity contribution in [1.29, 1.82) is 0 Å². The molecule has 0 bridgehead atoms. The number of nitrogens with two attached hydrogens (primary N) is 1. The first-order valence-corrected chi connectivity index (χ1v) is 9.37. The highest BCUT2D eigenvalue weighted by molar-refractivity contribution is 5.94. The number of nitrogens with zero attached hydrogens (tertiary/aromatic N) is 2. The maximum atomic E-state index is 12.8. The van der Waals surface area contributed by atoms with Crippen LogP contribution in [0.1, 0.15) is 49.5 Å². The van der Waals surface area contributed by atoms with Crippen molar-refractivity contribution in [2.75, 3.05) is 19.6 Å². The molecule has 24 heavy (non-hydrogen) atoms. The monoisotopic (exact) mass is 329 g/mol. The Morgan fingerprint density at radius 1 is 1.25 bits per heavy atom. The molecular weight excluding hydrogens is 298 g/mol. The molecule has 1 saturated heterocycles. The van der Waals surface area contributed by atoms with Gasteiger partial charge in [-0.25, -0.2) is 0 Å². The van der Waals surface area contributed by atoms with Gasteiger partial charge in [-0.15, -0.1) is 0 Å². The van der Waals surface area contributed by atoms with Crippen LogP contribution in [0.2, 0.25) is 0 Å². The Balaban J connectivity index is 1.62. The van der Waals surface area contributed by atoms with Crippen LogP contribution in [-0.4, -0.2) is 47.4 Å². The fraction of sp³-hybridized carbons (Fsp3) is 0.650. The summed E-state index contributed by atoms with van der Waals surface area (Å²) >= 11 is 0. The van der Waals surface area contributed by atoms with E-state index >= 15 is 0 Å². The lowest BCUT2D eigenvalue weighted by molar-refractivity contribution is 0.0779. The number of benzene rings is 1. The maximum Gasteiger partial charge on any atom is 0.253 e. The Kier molecular flexibility index (Phi) is 5.26. The second-order valence-corrected chi connectivity index (χ2v) is 7.73. The van der Waals surface area contributed by atoms with Gasteiger partial charge in [0.1, 0.15) is 0 Å². The molecule has 2 aliphatic rings. The van der Waals surface area contributed by atoms with Crippen LogP contribution in [0, 0.1) is 11.8 Å². The molecule has 0 spiro atoms. The van der Waals surface area contributed by atoms with Gasteiger partial charge in [0, 0.05) is 37.3 Å². The van der Waals surface area contributed by atoms with Gasteiger partial charge >= 0.3 is 0 Å². The first kappa shape index (κ1) is 17.4. The van der Waals surface area contributed by atoms with Crippen molar-refractivity contribution in [3.8, 4) is 0 Å². The number of rotatable bonds is 5. The number of carbonyl (C=O) groups is 1. The van der Waals surface area contributed by atoms with E-state index < -0.39 is 0 Å². The first-order chi connectivity index (χ1) is 11.5. The summed E-state index contributed by atoms with van der Waals surface area (Å²) in [6.45, 7) is 10.3. The summed E-state index contributed by atoms with van der Waals surface area (Å²) in [5.74, 6) is 1.30. The van der Waals surface area contributed by atoms with Crippen LogP contribution in [0.4, 0.5) is 0 Å². The van der Waals surface area contributed by atoms with Crippen molar-refractivity contribution in [3.05, 3.63) is 35.4 Å². The Hall–Kier alpha value is -1.39. The van der Waals surface area contributed by atoms with Crippen LogP contribution in [0.25, 0.3) is 0 Å². The third-order valence-electron chi connectivity index (χ3n) is 5.92. The van der Waals surface area contributed by atoms with Crippen LogP contribution >= 0.6 is 0 Å². The molecule has 4 heteroatoms. The fourth-order valence-electron chi connectivity index (χ4n) is 4.30. The molecule has 3 atom stereocenters. The molecule has 2 fully saturated rings. The molecule has 1 aliphatic carbocycles. The topological polar surface area (TPSA) is 49.6 Å². The summed E-state index contributed by atoms with van der Waals surface area (Å²) in [6.07, 6.45) is 2.30. The zero-order valence-electron chi connectivity index (χ0n) is 15.2. The Morgan fingerprint density at radius 2 is 1.96 bits per heavy atom. The fourth-order valence-corrected chi connectivity index (χ4v) is 4.30. The molecule has 1 aliphatic heterocycles. The van der Waals surface area contributed by atoms with E-state index in [1.807, 2.05) is 17.0 Å². The third-order valence-corrected chi connectivity index (χ3v) is 5.92. The van der Waals surface area contributed by atoms with Crippen molar-refractivity contribution >= 4 is 5.91 Å². The van der Waals surface area contributed by atoms with Crippen molar-refractivity contribution in [2.45, 2.75) is 52.2 Å². The van der Waals surface area contributed by atoms with Gasteiger partial charge in [-0.3, -0.25) is 9.69 Å². The summed E-state index contributed by atoms with van der Waals surface area (Å²) in [5, 5.41) is 0. The molecule has 1 aromatic rings. The quantitative estimate of drug-likeness (QED) is 0.903. The van der Waals surface area contributed by atoms with Gasteiger partial charge in [-0.05, 0) is 62.8 Å². The lowest BCUT2D eigenvalue weighted by atomic mass is 9.98. The maximum absolute atomic E-state index is 12.8. The molecule has 4 nitrogen and oxygen atoms in total. The van der Waals surface area contributed by atoms with E-state index in [9.17, 15) is 4.79 Å². The first-order valence-electron chi connectivity index (χ1n) is 9.37. The summed E-state index contributed by atoms with van der Waals surface area (Å²) in [5.41, 5.74) is 8.25. The van der Waals surface area contributed by atoms with E-state index in [0.29, 0.717) is 17.9 Å². The average molecular weight is 329 g/mol. The molecule has 3 rings (SSSR count). The van der Waals surface area contributed by atoms with Crippen LogP contribution in [0.15, 0.2) is 24.3 Å². The standard InChI is InChI=1S/C20H31N3O/c1-4-22(14(2)3)11-15-5-7-16(8-6-15)20(24)23-12-17-9-10-19(21)18(17)13-23/h5-8,14,17-19H,4,9-13,21H2,1-3H3. The molecule has 2 N–H and O–H groups in total. The van der Waals surface area contributed by atoms with E-state index in [2.05, 4.69) is 37.8 Å². The van der Waals surface area contributed by atoms with Gasteiger partial charge in [0.2, 0.25) is 0 Å². The van der Waals surface area contributed by atoms with E-state index in [-0.39, 0.29) is 11.9 Å². The molecule has 1 aromatic carbocycles. The van der Waals surface area contributed by atoms with E-state index in [0.717, 1.165) is 38.2 Å². The molecule has 0 aromatic heterocycles. The second-order valence-electron chi connectivity index (χ2n) is 7.73. The minimum Gasteiger partial charge on any atom is -0.338 e. The highest BCUT2D eigenvalue weighted by Gasteiger charge is 2.42. The van der Waals surface area contributed by atoms with Crippen LogP contribution in [0.3, 0.4) is 0 Å². The highest BCUT2D eigenvalue weighted by atomic mass is 16.2. The largest absolute Gasteiger partial charge is 0.338 e. The van der Waals surface area contributed by atoms with Crippen LogP contribution in [-0.2, 0) is 6.54 Å². The Morgan fingerprint density at radius 3 is 2.54 bits per heavy atom. The lowest BCUT2D eigenvalue weighted by Gasteiger charge is -2.25. The number of amides is 1. The van der Waals surface area contributed by atoms with Crippen molar-refractivity contribution in [1.82, 2.24) is 9.80 Å². The molecule has 1 saturated carbocycles. The molecular formula is C20H31N3O. The molecule has 1 amide bonds. The molecule has 132 valence electrons. The predicted molar refractivity (Wildman–Crippen MR) is 97.8 cm³/mol. The van der Waals surface area contributed by atoms with E-state index in [4.69, 9.17) is 5.73 Å². The SMILES string of the molecule is CCN(Cc1ccc(C(=O)N2CC3CCC(N)C3C2)cc1)C(C)C. The Labute approximate surface area is 146 Å². The van der Waals surface area contributed by atoms with E-state index in [1.165, 1.54) is 12.0 Å². The molecule has 1 heterocycles. The lowest BCUT2D eigenvalue weighted by Crippen LogP contribution is -2.33. The zero-order valence-corrected chi connectivity index (χ0v) is 15.2. The number of likely N-dealkylation sites (tertiary alicyclic amines) is 1. The van der Waals surface area contributed by atoms with Gasteiger partial charge in [0.05, 0.1) is 0 Å². The minimum absolute atomic E-state index is 0.166. The smallest absolute Gasteiger partial charge is 0.253 e. The van der Waals surface area contributed by atoms with Gasteiger partial charge in [0.15, 0.2) is 0 Å². The van der Waals surface area contributed by atoms with Crippen molar-refractivity contribution in [2.24, 2.45) is 17.6 Å². The minimum atomic E-state index is 0.166. The third kappa shape index (κ3) is 3.50.